The topological polar surface area (TPSA) is 120 Å². The number of pyridine rings is 1. The minimum Gasteiger partial charge on any atom is -0.493 e. The van der Waals surface area contributed by atoms with Gasteiger partial charge >= 0.3 is 0 Å². The predicted octanol–water partition coefficient (Wildman–Crippen LogP) is 0.587. The van der Waals surface area contributed by atoms with Crippen LogP contribution in [-0.4, -0.2) is 35.1 Å². The Morgan fingerprint density at radius 3 is 2.45 bits per heavy atom. The van der Waals surface area contributed by atoms with Gasteiger partial charge in [0.05, 0.1) is 25.1 Å². The van der Waals surface area contributed by atoms with Crippen LogP contribution >= 0.6 is 0 Å². The van der Waals surface area contributed by atoms with Gasteiger partial charge in [0.25, 0.3) is 11.5 Å². The molecule has 3 aromatic rings. The maximum atomic E-state index is 12.0. The van der Waals surface area contributed by atoms with Gasteiger partial charge in [0.1, 0.15) is 0 Å². The summed E-state index contributed by atoms with van der Waals surface area (Å²) in [5.74, 6) is -0.0332. The van der Waals surface area contributed by atoms with Crippen molar-refractivity contribution >= 4 is 27.8 Å². The van der Waals surface area contributed by atoms with Crippen LogP contribution in [0.4, 0.5) is 0 Å². The molecule has 112 valence electrons. The number of fused-ring (bicyclic) bond motifs is 2. The van der Waals surface area contributed by atoms with E-state index in [0.717, 1.165) is 0 Å². The summed E-state index contributed by atoms with van der Waals surface area (Å²) in [7, 11) is 3.03. The molecule has 0 aliphatic carbocycles. The van der Waals surface area contributed by atoms with Gasteiger partial charge in [-0.25, -0.2) is 9.97 Å². The summed E-state index contributed by atoms with van der Waals surface area (Å²) >= 11 is 0. The van der Waals surface area contributed by atoms with Crippen LogP contribution in [0.2, 0.25) is 0 Å². The second-order valence-corrected chi connectivity index (χ2v) is 4.54. The van der Waals surface area contributed by atoms with Crippen molar-refractivity contribution in [3.8, 4) is 11.5 Å². The number of primary amides is 1. The minimum atomic E-state index is -0.826. The number of nitrogens with zero attached hydrogens (tertiary/aromatic N) is 2. The molecule has 0 saturated heterocycles. The number of carbonyl (C=O) groups excluding carboxylic acids is 1. The largest absolute Gasteiger partial charge is 0.493 e. The smallest absolute Gasteiger partial charge is 0.284 e. The third-order valence-electron chi connectivity index (χ3n) is 3.23. The molecule has 3 rings (SSSR count). The number of aromatic nitrogens is 3. The molecule has 0 fully saturated rings. The van der Waals surface area contributed by atoms with Crippen molar-refractivity contribution < 1.29 is 14.3 Å². The number of hydrogen-bond acceptors (Lipinski definition) is 6. The molecule has 2 aromatic heterocycles. The average Bonchev–Trinajstić information content (AvgIpc) is 2.51. The molecule has 0 aliphatic rings. The van der Waals surface area contributed by atoms with E-state index in [1.165, 1.54) is 14.2 Å². The van der Waals surface area contributed by atoms with Crippen molar-refractivity contribution in [1.29, 1.82) is 0 Å². The highest BCUT2D eigenvalue weighted by molar-refractivity contribution is 5.95. The van der Waals surface area contributed by atoms with Gasteiger partial charge in [-0.05, 0) is 12.1 Å². The number of H-pyrrole nitrogens is 1. The van der Waals surface area contributed by atoms with Gasteiger partial charge in [-0.1, -0.05) is 0 Å². The molecule has 8 heteroatoms. The molecule has 0 atom stereocenters. The van der Waals surface area contributed by atoms with Crippen molar-refractivity contribution in [2.24, 2.45) is 5.73 Å². The van der Waals surface area contributed by atoms with Crippen LogP contribution < -0.4 is 20.8 Å². The van der Waals surface area contributed by atoms with Crippen LogP contribution in [0, 0.1) is 0 Å². The van der Waals surface area contributed by atoms with Gasteiger partial charge in [-0.3, -0.25) is 9.59 Å². The van der Waals surface area contributed by atoms with Gasteiger partial charge in [-0.2, -0.15) is 0 Å². The summed E-state index contributed by atoms with van der Waals surface area (Å²) < 4.78 is 10.4. The summed E-state index contributed by atoms with van der Waals surface area (Å²) in [6.07, 6.45) is 0. The van der Waals surface area contributed by atoms with E-state index in [4.69, 9.17) is 15.2 Å². The van der Waals surface area contributed by atoms with E-state index in [1.54, 1.807) is 18.2 Å². The number of hydrogen-bond donors (Lipinski definition) is 2. The van der Waals surface area contributed by atoms with E-state index in [0.29, 0.717) is 22.4 Å². The standard InChI is InChI=1S/C14H12N4O4/c1-21-9-4-6-3-7-12(16-8(6)5-10(9)22-2)17-13(11(15)19)18-14(7)20/h3-5H,1-2H3,(H2,15,19)(H,16,17,18,20). The first-order valence-electron chi connectivity index (χ1n) is 6.30. The highest BCUT2D eigenvalue weighted by Gasteiger charge is 2.12. The fraction of sp³-hybridized carbons (Fsp3) is 0.143. The second-order valence-electron chi connectivity index (χ2n) is 4.54. The minimum absolute atomic E-state index is 0.136. The van der Waals surface area contributed by atoms with Crippen molar-refractivity contribution in [1.82, 2.24) is 15.0 Å². The average molecular weight is 300 g/mol. The van der Waals surface area contributed by atoms with Crippen LogP contribution in [0.1, 0.15) is 10.6 Å². The molecule has 0 radical (unpaired) electrons. The molecule has 0 aliphatic heterocycles. The number of nitrogens with one attached hydrogen (secondary N) is 1. The zero-order valence-electron chi connectivity index (χ0n) is 11.8. The summed E-state index contributed by atoms with van der Waals surface area (Å²) in [5.41, 5.74) is 5.34. The predicted molar refractivity (Wildman–Crippen MR) is 79.3 cm³/mol. The summed E-state index contributed by atoms with van der Waals surface area (Å²) in [4.78, 5) is 33.8. The van der Waals surface area contributed by atoms with Gasteiger partial charge in [0.15, 0.2) is 17.1 Å². The molecule has 1 amide bonds. The third-order valence-corrected chi connectivity index (χ3v) is 3.23. The van der Waals surface area contributed by atoms with Crippen LogP contribution in [0.25, 0.3) is 21.9 Å². The van der Waals surface area contributed by atoms with Crippen LogP contribution in [0.3, 0.4) is 0 Å². The number of aromatic amines is 1. The number of amides is 1. The lowest BCUT2D eigenvalue weighted by atomic mass is 10.1. The first-order chi connectivity index (χ1) is 10.5. The van der Waals surface area contributed by atoms with E-state index in [2.05, 4.69) is 15.0 Å². The fourth-order valence-electron chi connectivity index (χ4n) is 2.17. The first-order valence-corrected chi connectivity index (χ1v) is 6.30. The Morgan fingerprint density at radius 1 is 1.14 bits per heavy atom. The normalized spacial score (nSPS) is 10.8. The molecule has 0 spiro atoms. The van der Waals surface area contributed by atoms with E-state index < -0.39 is 11.5 Å². The van der Waals surface area contributed by atoms with E-state index in [1.807, 2.05) is 0 Å². The van der Waals surface area contributed by atoms with Gasteiger partial charge in [-0.15, -0.1) is 0 Å². The maximum Gasteiger partial charge on any atom is 0.284 e. The maximum absolute atomic E-state index is 12.0. The Kier molecular flexibility index (Phi) is 3.13. The lowest BCUT2D eigenvalue weighted by Gasteiger charge is -2.09. The molecule has 2 heterocycles. The number of rotatable bonds is 3. The number of carbonyl (C=O) groups is 1. The Morgan fingerprint density at radius 2 is 1.82 bits per heavy atom. The third kappa shape index (κ3) is 2.10. The van der Waals surface area contributed by atoms with Crippen LogP contribution in [0.5, 0.6) is 11.5 Å². The highest BCUT2D eigenvalue weighted by atomic mass is 16.5. The van der Waals surface area contributed by atoms with Crippen LogP contribution in [-0.2, 0) is 0 Å². The van der Waals surface area contributed by atoms with E-state index in [9.17, 15) is 9.59 Å². The van der Waals surface area contributed by atoms with E-state index in [-0.39, 0.29) is 16.9 Å². The SMILES string of the molecule is COc1cc2cc3c(=O)[nH]c(C(N)=O)nc3nc2cc1OC. The monoisotopic (exact) mass is 300 g/mol. The molecule has 1 aromatic carbocycles. The molecule has 22 heavy (non-hydrogen) atoms. The molecule has 0 unspecified atom stereocenters. The van der Waals surface area contributed by atoms with Gasteiger partial charge in [0.2, 0.25) is 5.82 Å². The Hall–Kier alpha value is -3.16. The molecule has 0 bridgehead atoms. The van der Waals surface area contributed by atoms with Crippen molar-refractivity contribution in [2.45, 2.75) is 0 Å². The number of methoxy groups -OCH3 is 2. The number of ether oxygens (including phenoxy) is 2. The summed E-state index contributed by atoms with van der Waals surface area (Å²) in [6, 6.07) is 5.00. The zero-order chi connectivity index (χ0) is 15.9. The van der Waals surface area contributed by atoms with Crippen molar-refractivity contribution in [3.05, 3.63) is 34.4 Å². The highest BCUT2D eigenvalue weighted by Crippen LogP contribution is 2.31. The Balaban J connectivity index is 2.38. The molecule has 8 nitrogen and oxygen atoms in total. The van der Waals surface area contributed by atoms with E-state index >= 15 is 0 Å². The summed E-state index contributed by atoms with van der Waals surface area (Å²) in [5, 5.41) is 0.939. The fourth-order valence-corrected chi connectivity index (χ4v) is 2.17. The lowest BCUT2D eigenvalue weighted by Crippen LogP contribution is -2.21. The van der Waals surface area contributed by atoms with Crippen molar-refractivity contribution in [3.63, 3.8) is 0 Å². The van der Waals surface area contributed by atoms with Crippen molar-refractivity contribution in [2.75, 3.05) is 14.2 Å². The lowest BCUT2D eigenvalue weighted by molar-refractivity contribution is 0.0990. The molecule has 0 saturated carbocycles. The first kappa shape index (κ1) is 13.8. The molecular weight excluding hydrogens is 288 g/mol. The zero-order valence-corrected chi connectivity index (χ0v) is 11.8. The van der Waals surface area contributed by atoms with Gasteiger partial charge in [0, 0.05) is 11.5 Å². The Labute approximate surface area is 123 Å². The molecule has 3 N–H and O–H groups in total. The summed E-state index contributed by atoms with van der Waals surface area (Å²) in [6.45, 7) is 0. The number of nitrogens with two attached hydrogens (primary N) is 1. The number of benzene rings is 1. The van der Waals surface area contributed by atoms with Crippen LogP contribution in [0.15, 0.2) is 23.0 Å². The van der Waals surface area contributed by atoms with Gasteiger partial charge < -0.3 is 20.2 Å². The second kappa shape index (κ2) is 4.99. The molecular formula is C14H12N4O4. The quantitative estimate of drug-likeness (QED) is 0.683. The Bertz CT molecular complexity index is 964.